The van der Waals surface area contributed by atoms with Crippen LogP contribution in [0.3, 0.4) is 0 Å². The van der Waals surface area contributed by atoms with Gasteiger partial charge in [-0.2, -0.15) is 0 Å². The Labute approximate surface area is 113 Å². The summed E-state index contributed by atoms with van der Waals surface area (Å²) in [5.41, 5.74) is 0. The van der Waals surface area contributed by atoms with Crippen LogP contribution in [0.2, 0.25) is 0 Å². The number of carboxylic acid groups (broad SMARTS) is 1. The second-order valence-electron chi connectivity index (χ2n) is 5.27. The van der Waals surface area contributed by atoms with Gasteiger partial charge in [0.2, 0.25) is 0 Å². The monoisotopic (exact) mass is 272 g/mol. The Hall–Kier alpha value is -1.30. The normalized spacial score (nSPS) is 22.1. The number of carbonyl (C=O) groups excluding carboxylic acids is 1. The molecule has 1 aliphatic heterocycles. The summed E-state index contributed by atoms with van der Waals surface area (Å²) in [7, 11) is 0. The number of aliphatic carboxylic acids is 1. The van der Waals surface area contributed by atoms with E-state index in [0.717, 1.165) is 12.8 Å². The van der Waals surface area contributed by atoms with Gasteiger partial charge in [-0.25, -0.2) is 4.79 Å². The second kappa shape index (κ2) is 7.33. The first-order valence-electron chi connectivity index (χ1n) is 6.89. The fourth-order valence-electron chi connectivity index (χ4n) is 2.42. The van der Waals surface area contributed by atoms with Crippen molar-refractivity contribution >= 4 is 12.0 Å². The number of nitrogens with one attached hydrogen (secondary N) is 1. The van der Waals surface area contributed by atoms with Gasteiger partial charge in [-0.1, -0.05) is 13.3 Å². The number of carboxylic acids is 1. The minimum atomic E-state index is -0.901. The molecule has 6 heteroatoms. The fourth-order valence-corrected chi connectivity index (χ4v) is 2.42. The zero-order chi connectivity index (χ0) is 14.4. The highest BCUT2D eigenvalue weighted by Gasteiger charge is 2.30. The maximum absolute atomic E-state index is 12.0. The van der Waals surface area contributed by atoms with Crippen LogP contribution in [0.4, 0.5) is 4.79 Å². The van der Waals surface area contributed by atoms with Gasteiger partial charge in [0.05, 0.1) is 12.5 Å². The van der Waals surface area contributed by atoms with Crippen LogP contribution in [-0.2, 0) is 4.79 Å². The van der Waals surface area contributed by atoms with E-state index in [2.05, 4.69) is 5.32 Å². The Morgan fingerprint density at radius 1 is 1.47 bits per heavy atom. The van der Waals surface area contributed by atoms with E-state index >= 15 is 0 Å². The SMILES string of the molecule is CCCC(CC(=O)O)NC(=O)N1CCC(C(C)O)C1. The standard InChI is InChI=1S/C13H24N2O4/c1-3-4-11(7-12(17)18)14-13(19)15-6-5-10(8-15)9(2)16/h9-11,16H,3-8H2,1-2H3,(H,14,19)(H,17,18). The predicted molar refractivity (Wildman–Crippen MR) is 70.8 cm³/mol. The van der Waals surface area contributed by atoms with E-state index in [-0.39, 0.29) is 24.4 Å². The van der Waals surface area contributed by atoms with Crippen molar-refractivity contribution in [1.29, 1.82) is 0 Å². The van der Waals surface area contributed by atoms with Crippen molar-refractivity contribution in [3.8, 4) is 0 Å². The lowest BCUT2D eigenvalue weighted by Gasteiger charge is -2.22. The third-order valence-electron chi connectivity index (χ3n) is 3.58. The summed E-state index contributed by atoms with van der Waals surface area (Å²) < 4.78 is 0. The van der Waals surface area contributed by atoms with E-state index in [4.69, 9.17) is 5.11 Å². The Kier molecular flexibility index (Phi) is 6.08. The number of urea groups is 1. The minimum absolute atomic E-state index is 0.0484. The van der Waals surface area contributed by atoms with Crippen LogP contribution in [0, 0.1) is 5.92 Å². The molecule has 1 saturated heterocycles. The lowest BCUT2D eigenvalue weighted by atomic mass is 10.0. The summed E-state index contributed by atoms with van der Waals surface area (Å²) in [6.45, 7) is 4.85. The van der Waals surface area contributed by atoms with Crippen LogP contribution in [0.1, 0.15) is 39.5 Å². The number of hydrogen-bond donors (Lipinski definition) is 3. The van der Waals surface area contributed by atoms with Crippen molar-refractivity contribution < 1.29 is 19.8 Å². The highest BCUT2D eigenvalue weighted by Crippen LogP contribution is 2.19. The molecule has 0 bridgehead atoms. The summed E-state index contributed by atoms with van der Waals surface area (Å²) in [4.78, 5) is 24.4. The van der Waals surface area contributed by atoms with E-state index in [0.29, 0.717) is 19.5 Å². The van der Waals surface area contributed by atoms with Gasteiger partial charge in [-0.3, -0.25) is 4.79 Å². The first-order valence-corrected chi connectivity index (χ1v) is 6.89. The molecule has 0 spiro atoms. The number of hydrogen-bond acceptors (Lipinski definition) is 3. The molecular weight excluding hydrogens is 248 g/mol. The average Bonchev–Trinajstić information content (AvgIpc) is 2.77. The molecule has 6 nitrogen and oxygen atoms in total. The number of nitrogens with zero attached hydrogens (tertiary/aromatic N) is 1. The fraction of sp³-hybridized carbons (Fsp3) is 0.846. The number of likely N-dealkylation sites (tertiary alicyclic amines) is 1. The van der Waals surface area contributed by atoms with Crippen molar-refractivity contribution in [3.05, 3.63) is 0 Å². The number of amides is 2. The van der Waals surface area contributed by atoms with Crippen LogP contribution in [0.15, 0.2) is 0 Å². The van der Waals surface area contributed by atoms with Gasteiger partial charge in [-0.15, -0.1) is 0 Å². The van der Waals surface area contributed by atoms with Crippen LogP contribution < -0.4 is 5.32 Å². The lowest BCUT2D eigenvalue weighted by molar-refractivity contribution is -0.137. The Balaban J connectivity index is 2.46. The zero-order valence-electron chi connectivity index (χ0n) is 11.6. The molecule has 0 aromatic heterocycles. The first-order chi connectivity index (χ1) is 8.93. The van der Waals surface area contributed by atoms with Crippen LogP contribution in [0.25, 0.3) is 0 Å². The van der Waals surface area contributed by atoms with Crippen LogP contribution in [-0.4, -0.2) is 52.3 Å². The smallest absolute Gasteiger partial charge is 0.317 e. The molecule has 3 unspecified atom stereocenters. The molecule has 110 valence electrons. The molecule has 1 aliphatic rings. The van der Waals surface area contributed by atoms with E-state index < -0.39 is 12.1 Å². The maximum Gasteiger partial charge on any atom is 0.317 e. The molecule has 2 amide bonds. The summed E-state index contributed by atoms with van der Waals surface area (Å²) >= 11 is 0. The molecule has 19 heavy (non-hydrogen) atoms. The van der Waals surface area contributed by atoms with E-state index in [1.165, 1.54) is 0 Å². The number of aliphatic hydroxyl groups is 1. The maximum atomic E-state index is 12.0. The molecular formula is C13H24N2O4. The molecule has 1 heterocycles. The van der Waals surface area contributed by atoms with Gasteiger partial charge < -0.3 is 20.4 Å². The van der Waals surface area contributed by atoms with Gasteiger partial charge in [0.1, 0.15) is 0 Å². The third kappa shape index (κ3) is 5.06. The molecule has 0 aromatic carbocycles. The molecule has 3 atom stereocenters. The molecule has 1 fully saturated rings. The lowest BCUT2D eigenvalue weighted by Crippen LogP contribution is -2.45. The topological polar surface area (TPSA) is 89.9 Å². The Bertz CT molecular complexity index is 320. The van der Waals surface area contributed by atoms with Crippen molar-refractivity contribution in [1.82, 2.24) is 10.2 Å². The zero-order valence-corrected chi connectivity index (χ0v) is 11.6. The summed E-state index contributed by atoms with van der Waals surface area (Å²) in [5, 5.41) is 21.1. The van der Waals surface area contributed by atoms with E-state index in [9.17, 15) is 14.7 Å². The molecule has 0 saturated carbocycles. The molecule has 3 N–H and O–H groups in total. The number of carbonyl (C=O) groups is 2. The highest BCUT2D eigenvalue weighted by molar-refractivity contribution is 5.76. The van der Waals surface area contributed by atoms with Gasteiger partial charge in [-0.05, 0) is 19.8 Å². The van der Waals surface area contributed by atoms with Gasteiger partial charge in [0.25, 0.3) is 0 Å². The van der Waals surface area contributed by atoms with Gasteiger partial charge in [0.15, 0.2) is 0 Å². The molecule has 0 radical (unpaired) electrons. The summed E-state index contributed by atoms with van der Waals surface area (Å²) in [6, 6.07) is -0.538. The van der Waals surface area contributed by atoms with Crippen molar-refractivity contribution in [2.45, 2.75) is 51.7 Å². The third-order valence-corrected chi connectivity index (χ3v) is 3.58. The van der Waals surface area contributed by atoms with E-state index in [1.807, 2.05) is 6.92 Å². The molecule has 1 rings (SSSR count). The first kappa shape index (κ1) is 15.8. The Morgan fingerprint density at radius 2 is 2.16 bits per heavy atom. The minimum Gasteiger partial charge on any atom is -0.481 e. The average molecular weight is 272 g/mol. The number of rotatable bonds is 6. The van der Waals surface area contributed by atoms with Crippen LogP contribution in [0.5, 0.6) is 0 Å². The van der Waals surface area contributed by atoms with Crippen molar-refractivity contribution in [3.63, 3.8) is 0 Å². The van der Waals surface area contributed by atoms with Gasteiger partial charge in [0, 0.05) is 25.0 Å². The summed E-state index contributed by atoms with van der Waals surface area (Å²) in [5.74, 6) is -0.781. The highest BCUT2D eigenvalue weighted by atomic mass is 16.4. The quantitative estimate of drug-likeness (QED) is 0.674. The Morgan fingerprint density at radius 3 is 2.63 bits per heavy atom. The predicted octanol–water partition coefficient (Wildman–Crippen LogP) is 1.04. The van der Waals surface area contributed by atoms with Crippen molar-refractivity contribution in [2.24, 2.45) is 5.92 Å². The summed E-state index contributed by atoms with van der Waals surface area (Å²) in [6.07, 6.45) is 1.82. The van der Waals surface area contributed by atoms with Crippen LogP contribution >= 0.6 is 0 Å². The molecule has 0 aromatic rings. The van der Waals surface area contributed by atoms with Gasteiger partial charge >= 0.3 is 12.0 Å². The van der Waals surface area contributed by atoms with Crippen molar-refractivity contribution in [2.75, 3.05) is 13.1 Å². The second-order valence-corrected chi connectivity index (χ2v) is 5.27. The molecule has 0 aliphatic carbocycles. The largest absolute Gasteiger partial charge is 0.481 e. The number of aliphatic hydroxyl groups excluding tert-OH is 1. The van der Waals surface area contributed by atoms with E-state index in [1.54, 1.807) is 11.8 Å².